The Balaban J connectivity index is 2.64. The molecule has 0 saturated carbocycles. The molecule has 13 heteroatoms. The second-order valence-electron chi connectivity index (χ2n) is 8.29. The lowest BCUT2D eigenvalue weighted by atomic mass is 10.1. The Morgan fingerprint density at radius 2 is 1.70 bits per heavy atom. The van der Waals surface area contributed by atoms with Crippen LogP contribution in [0.15, 0.2) is 24.3 Å². The number of alkyl carbamates (subject to hydrolysis) is 1. The maximum Gasteiger partial charge on any atom is 0.407 e. The summed E-state index contributed by atoms with van der Waals surface area (Å²) in [6.45, 7) is 3.70. The number of amides is 6. The maximum atomic E-state index is 12.8. The van der Waals surface area contributed by atoms with Crippen LogP contribution in [0.3, 0.4) is 0 Å². The zero-order valence-electron chi connectivity index (χ0n) is 21.3. The Morgan fingerprint density at radius 1 is 1.00 bits per heavy atom. The number of anilines is 1. The van der Waals surface area contributed by atoms with Gasteiger partial charge in [-0.15, -0.1) is 0 Å². The predicted octanol–water partition coefficient (Wildman–Crippen LogP) is 0.472. The van der Waals surface area contributed by atoms with Crippen LogP contribution in [0, 0.1) is 0 Å². The van der Waals surface area contributed by atoms with Crippen molar-refractivity contribution in [2.45, 2.75) is 64.7 Å². The van der Waals surface area contributed by atoms with Crippen LogP contribution in [-0.2, 0) is 25.7 Å². The molecule has 1 rings (SSSR count). The van der Waals surface area contributed by atoms with Crippen molar-refractivity contribution in [2.75, 3.05) is 25.0 Å². The number of nitrogens with one attached hydrogen (secondary N) is 5. The standard InChI is InChI=1S/C24H38N6O7/c1-3-6-20(32)27-14-21(33)30-19(7-5-12-26-23(25)35)22(34)29-17-10-8-16(9-11-17)15-37-24(36)28-13-18(31)4-2/h8-11,18-19,31H,3-7,12-15H2,1-2H3,(H,27,32)(H,28,36)(H,29,34)(H,30,33)(H3,25,26,35). The Labute approximate surface area is 216 Å². The van der Waals surface area contributed by atoms with E-state index in [0.717, 1.165) is 0 Å². The van der Waals surface area contributed by atoms with Crippen LogP contribution in [0.25, 0.3) is 0 Å². The first-order valence-corrected chi connectivity index (χ1v) is 12.2. The van der Waals surface area contributed by atoms with Crippen LogP contribution in [0.2, 0.25) is 0 Å². The van der Waals surface area contributed by atoms with Gasteiger partial charge in [0.2, 0.25) is 17.7 Å². The molecule has 0 bridgehead atoms. The highest BCUT2D eigenvalue weighted by atomic mass is 16.5. The number of primary amides is 1. The van der Waals surface area contributed by atoms with Gasteiger partial charge in [-0.1, -0.05) is 26.0 Å². The zero-order chi connectivity index (χ0) is 27.6. The van der Waals surface area contributed by atoms with Crippen LogP contribution < -0.4 is 32.3 Å². The van der Waals surface area contributed by atoms with Gasteiger partial charge < -0.3 is 42.2 Å². The molecule has 0 aliphatic rings. The number of benzene rings is 1. The molecule has 1 aromatic carbocycles. The summed E-state index contributed by atoms with van der Waals surface area (Å²) in [5.74, 6) is -1.26. The lowest BCUT2D eigenvalue weighted by molar-refractivity contribution is -0.128. The van der Waals surface area contributed by atoms with Crippen LogP contribution >= 0.6 is 0 Å². The molecule has 1 aromatic rings. The quantitative estimate of drug-likeness (QED) is 0.153. The molecule has 0 spiro atoms. The molecule has 0 aliphatic heterocycles. The van der Waals surface area contributed by atoms with Crippen molar-refractivity contribution < 1.29 is 33.8 Å². The number of carbonyl (C=O) groups excluding carboxylic acids is 5. The van der Waals surface area contributed by atoms with Crippen LogP contribution in [0.1, 0.15) is 51.5 Å². The molecule has 0 heterocycles. The van der Waals surface area contributed by atoms with Crippen LogP contribution in [-0.4, -0.2) is 66.7 Å². The average molecular weight is 523 g/mol. The van der Waals surface area contributed by atoms with Gasteiger partial charge in [-0.05, 0) is 43.4 Å². The van der Waals surface area contributed by atoms with Gasteiger partial charge in [-0.2, -0.15) is 0 Å². The summed E-state index contributed by atoms with van der Waals surface area (Å²) in [5, 5.41) is 22.2. The number of rotatable bonds is 16. The molecule has 0 saturated heterocycles. The summed E-state index contributed by atoms with van der Waals surface area (Å²) in [7, 11) is 0. The molecule has 8 N–H and O–H groups in total. The Morgan fingerprint density at radius 3 is 2.32 bits per heavy atom. The van der Waals surface area contributed by atoms with Crippen molar-refractivity contribution >= 4 is 35.5 Å². The molecular formula is C24H38N6O7. The van der Waals surface area contributed by atoms with Crippen molar-refractivity contribution in [2.24, 2.45) is 5.73 Å². The number of aliphatic hydroxyl groups is 1. The lowest BCUT2D eigenvalue weighted by Crippen LogP contribution is -2.47. The van der Waals surface area contributed by atoms with E-state index in [1.54, 1.807) is 31.2 Å². The highest BCUT2D eigenvalue weighted by Crippen LogP contribution is 2.12. The van der Waals surface area contributed by atoms with E-state index in [2.05, 4.69) is 26.6 Å². The van der Waals surface area contributed by atoms with E-state index in [-0.39, 0.29) is 38.6 Å². The van der Waals surface area contributed by atoms with Gasteiger partial charge in [0.05, 0.1) is 12.6 Å². The second-order valence-corrected chi connectivity index (χ2v) is 8.29. The van der Waals surface area contributed by atoms with Crippen LogP contribution in [0.4, 0.5) is 15.3 Å². The van der Waals surface area contributed by atoms with E-state index >= 15 is 0 Å². The molecule has 0 radical (unpaired) electrons. The topological polar surface area (TPSA) is 201 Å². The van der Waals surface area contributed by atoms with E-state index in [1.807, 2.05) is 6.92 Å². The molecule has 2 unspecified atom stereocenters. The predicted molar refractivity (Wildman–Crippen MR) is 136 cm³/mol. The van der Waals surface area contributed by atoms with Gasteiger partial charge in [0.25, 0.3) is 0 Å². The summed E-state index contributed by atoms with van der Waals surface area (Å²) in [5.41, 5.74) is 6.18. The number of ether oxygens (including phenoxy) is 1. The minimum absolute atomic E-state index is 0.00240. The number of carbonyl (C=O) groups is 5. The number of hydrogen-bond donors (Lipinski definition) is 7. The fraction of sp³-hybridized carbons (Fsp3) is 0.542. The molecule has 0 aromatic heterocycles. The Bertz CT molecular complexity index is 894. The normalized spacial score (nSPS) is 12.0. The summed E-state index contributed by atoms with van der Waals surface area (Å²) in [6, 6.07) is 4.95. The third-order valence-electron chi connectivity index (χ3n) is 5.09. The van der Waals surface area contributed by atoms with Crippen LogP contribution in [0.5, 0.6) is 0 Å². The number of urea groups is 1. The largest absolute Gasteiger partial charge is 0.445 e. The molecule has 2 atom stereocenters. The van der Waals surface area contributed by atoms with Gasteiger partial charge in [-0.3, -0.25) is 14.4 Å². The molecule has 37 heavy (non-hydrogen) atoms. The molecule has 206 valence electrons. The van der Waals surface area contributed by atoms with Crippen molar-refractivity contribution in [1.82, 2.24) is 21.3 Å². The summed E-state index contributed by atoms with van der Waals surface area (Å²) < 4.78 is 5.09. The van der Waals surface area contributed by atoms with E-state index in [0.29, 0.717) is 36.9 Å². The first-order valence-electron chi connectivity index (χ1n) is 12.2. The molecular weight excluding hydrogens is 484 g/mol. The van der Waals surface area contributed by atoms with Gasteiger partial charge in [0, 0.05) is 25.2 Å². The number of nitrogens with two attached hydrogens (primary N) is 1. The number of hydrogen-bond acceptors (Lipinski definition) is 7. The fourth-order valence-corrected chi connectivity index (χ4v) is 2.99. The summed E-state index contributed by atoms with van der Waals surface area (Å²) >= 11 is 0. The lowest BCUT2D eigenvalue weighted by Gasteiger charge is -2.19. The molecule has 0 fully saturated rings. The average Bonchev–Trinajstić information content (AvgIpc) is 2.87. The highest BCUT2D eigenvalue weighted by molar-refractivity contribution is 5.97. The van der Waals surface area contributed by atoms with Crippen molar-refractivity contribution in [3.63, 3.8) is 0 Å². The molecule has 0 aliphatic carbocycles. The Kier molecular flexibility index (Phi) is 14.8. The number of aliphatic hydroxyl groups excluding tert-OH is 1. The second kappa shape index (κ2) is 17.5. The van der Waals surface area contributed by atoms with Gasteiger partial charge in [0.15, 0.2) is 0 Å². The third-order valence-corrected chi connectivity index (χ3v) is 5.09. The van der Waals surface area contributed by atoms with E-state index < -0.39 is 36.1 Å². The molecule has 6 amide bonds. The SMILES string of the molecule is CCCC(=O)NCC(=O)NC(CCCNC(N)=O)C(=O)Nc1ccc(COC(=O)NCC(O)CC)cc1. The Hall–Kier alpha value is -3.87. The highest BCUT2D eigenvalue weighted by Gasteiger charge is 2.21. The molecule has 13 nitrogen and oxygen atoms in total. The van der Waals surface area contributed by atoms with Gasteiger partial charge in [-0.25, -0.2) is 9.59 Å². The zero-order valence-corrected chi connectivity index (χ0v) is 21.3. The van der Waals surface area contributed by atoms with Gasteiger partial charge in [0.1, 0.15) is 12.6 Å². The summed E-state index contributed by atoms with van der Waals surface area (Å²) in [4.78, 5) is 59.3. The van der Waals surface area contributed by atoms with Crippen molar-refractivity contribution in [1.29, 1.82) is 0 Å². The first kappa shape index (κ1) is 31.2. The first-order chi connectivity index (χ1) is 17.6. The monoisotopic (exact) mass is 522 g/mol. The fourth-order valence-electron chi connectivity index (χ4n) is 2.99. The van der Waals surface area contributed by atoms with Crippen molar-refractivity contribution in [3.8, 4) is 0 Å². The van der Waals surface area contributed by atoms with Crippen molar-refractivity contribution in [3.05, 3.63) is 29.8 Å². The van der Waals surface area contributed by atoms with E-state index in [4.69, 9.17) is 10.5 Å². The van der Waals surface area contributed by atoms with E-state index in [9.17, 15) is 29.1 Å². The minimum Gasteiger partial charge on any atom is -0.445 e. The maximum absolute atomic E-state index is 12.8. The minimum atomic E-state index is -0.921. The smallest absolute Gasteiger partial charge is 0.407 e. The van der Waals surface area contributed by atoms with Gasteiger partial charge >= 0.3 is 12.1 Å². The summed E-state index contributed by atoms with van der Waals surface area (Å²) in [6.07, 6.45) is 0.753. The van der Waals surface area contributed by atoms with E-state index in [1.165, 1.54) is 0 Å². The third kappa shape index (κ3) is 14.3.